The van der Waals surface area contributed by atoms with Crippen molar-refractivity contribution >= 4 is 0 Å². The van der Waals surface area contributed by atoms with E-state index in [0.29, 0.717) is 11.8 Å². The topological polar surface area (TPSA) is 35.2 Å². The van der Waals surface area contributed by atoms with Crippen LogP contribution in [0.3, 0.4) is 0 Å². The Morgan fingerprint density at radius 2 is 1.87 bits per heavy atom. The van der Waals surface area contributed by atoms with E-state index in [-0.39, 0.29) is 17.2 Å². The molecule has 90 valence electrons. The Bertz CT molecular complexity index is 223. The molecule has 0 aromatic heterocycles. The maximum atomic E-state index is 6.35. The molecule has 1 rings (SSSR count). The lowest BCUT2D eigenvalue weighted by molar-refractivity contribution is -0.0780. The summed E-state index contributed by atoms with van der Waals surface area (Å²) in [4.78, 5) is 0. The van der Waals surface area contributed by atoms with Crippen molar-refractivity contribution in [2.24, 2.45) is 17.6 Å². The third-order valence-corrected chi connectivity index (χ3v) is 3.91. The molecule has 1 fully saturated rings. The van der Waals surface area contributed by atoms with Gasteiger partial charge in [0, 0.05) is 12.0 Å². The van der Waals surface area contributed by atoms with Crippen molar-refractivity contribution in [2.75, 3.05) is 0 Å². The average molecular weight is 213 g/mol. The molecule has 1 aliphatic rings. The summed E-state index contributed by atoms with van der Waals surface area (Å²) in [6.07, 6.45) is 2.22. The fourth-order valence-electron chi connectivity index (χ4n) is 2.87. The van der Waals surface area contributed by atoms with E-state index in [4.69, 9.17) is 10.5 Å². The predicted octanol–water partition coefficient (Wildman–Crippen LogP) is 2.95. The summed E-state index contributed by atoms with van der Waals surface area (Å²) >= 11 is 0. The molecule has 1 aliphatic heterocycles. The molecule has 1 heterocycles. The summed E-state index contributed by atoms with van der Waals surface area (Å²) in [5.41, 5.74) is 6.26. The zero-order valence-corrected chi connectivity index (χ0v) is 11.1. The van der Waals surface area contributed by atoms with Crippen LogP contribution in [-0.2, 0) is 4.74 Å². The normalized spacial score (nSPS) is 32.6. The number of hydrogen-bond donors (Lipinski definition) is 1. The number of ether oxygens (including phenoxy) is 1. The molecule has 2 nitrogen and oxygen atoms in total. The molecule has 15 heavy (non-hydrogen) atoms. The van der Waals surface area contributed by atoms with Crippen LogP contribution in [0.2, 0.25) is 0 Å². The molecule has 3 unspecified atom stereocenters. The van der Waals surface area contributed by atoms with Gasteiger partial charge in [-0.2, -0.15) is 0 Å². The summed E-state index contributed by atoms with van der Waals surface area (Å²) in [6, 6.07) is 0.256. The van der Waals surface area contributed by atoms with Crippen LogP contribution in [0.25, 0.3) is 0 Å². The number of rotatable bonds is 3. The molecule has 2 N–H and O–H groups in total. The Labute approximate surface area is 94.6 Å². The van der Waals surface area contributed by atoms with Crippen LogP contribution < -0.4 is 5.73 Å². The molecule has 0 radical (unpaired) electrons. The van der Waals surface area contributed by atoms with Crippen molar-refractivity contribution in [1.82, 2.24) is 0 Å². The van der Waals surface area contributed by atoms with Gasteiger partial charge >= 0.3 is 0 Å². The Hall–Kier alpha value is -0.0800. The van der Waals surface area contributed by atoms with E-state index in [1.807, 2.05) is 0 Å². The molecule has 0 aromatic carbocycles. The van der Waals surface area contributed by atoms with Gasteiger partial charge in [0.1, 0.15) is 0 Å². The largest absolute Gasteiger partial charge is 0.369 e. The maximum absolute atomic E-state index is 6.35. The van der Waals surface area contributed by atoms with E-state index >= 15 is 0 Å². The monoisotopic (exact) mass is 213 g/mol. The molecule has 0 saturated carbocycles. The highest BCUT2D eigenvalue weighted by Gasteiger charge is 2.48. The lowest BCUT2D eigenvalue weighted by Crippen LogP contribution is -2.44. The van der Waals surface area contributed by atoms with Gasteiger partial charge in [-0.3, -0.25) is 0 Å². The van der Waals surface area contributed by atoms with Crippen molar-refractivity contribution in [2.45, 2.75) is 71.6 Å². The number of hydrogen-bond acceptors (Lipinski definition) is 2. The lowest BCUT2D eigenvalue weighted by Gasteiger charge is -2.33. The third-order valence-electron chi connectivity index (χ3n) is 3.91. The van der Waals surface area contributed by atoms with E-state index in [0.717, 1.165) is 12.8 Å². The lowest BCUT2D eigenvalue weighted by atomic mass is 9.77. The van der Waals surface area contributed by atoms with E-state index in [2.05, 4.69) is 41.5 Å². The van der Waals surface area contributed by atoms with E-state index in [1.54, 1.807) is 0 Å². The molecule has 3 atom stereocenters. The van der Waals surface area contributed by atoms with Crippen molar-refractivity contribution in [3.8, 4) is 0 Å². The molecule has 1 saturated heterocycles. The first-order valence-electron chi connectivity index (χ1n) is 6.15. The predicted molar refractivity (Wildman–Crippen MR) is 64.8 cm³/mol. The zero-order valence-electron chi connectivity index (χ0n) is 11.1. The Balaban J connectivity index is 2.78. The zero-order chi connectivity index (χ0) is 11.9. The second-order valence-corrected chi connectivity index (χ2v) is 6.24. The van der Waals surface area contributed by atoms with Crippen LogP contribution in [-0.4, -0.2) is 17.2 Å². The molecule has 0 bridgehead atoms. The molecular weight excluding hydrogens is 186 g/mol. The standard InChI is InChI=1S/C13H27NO/c1-7-9(2)11(14)10-8-12(3,4)15-13(10,5)6/h9-11H,7-8,14H2,1-6H3. The van der Waals surface area contributed by atoms with Gasteiger partial charge in [-0.1, -0.05) is 20.3 Å². The van der Waals surface area contributed by atoms with Gasteiger partial charge in [-0.15, -0.1) is 0 Å². The molecule has 0 spiro atoms. The van der Waals surface area contributed by atoms with Gasteiger partial charge in [0.05, 0.1) is 11.2 Å². The van der Waals surface area contributed by atoms with Gasteiger partial charge in [0.2, 0.25) is 0 Å². The smallest absolute Gasteiger partial charge is 0.0677 e. The van der Waals surface area contributed by atoms with Crippen molar-refractivity contribution in [3.05, 3.63) is 0 Å². The fraction of sp³-hybridized carbons (Fsp3) is 1.00. The highest BCUT2D eigenvalue weighted by molar-refractivity contribution is 4.99. The van der Waals surface area contributed by atoms with Gasteiger partial charge < -0.3 is 10.5 Å². The summed E-state index contributed by atoms with van der Waals surface area (Å²) in [5.74, 6) is 1.05. The SMILES string of the molecule is CCC(C)C(N)C1CC(C)(C)OC1(C)C. The van der Waals surface area contributed by atoms with Gasteiger partial charge in [-0.25, -0.2) is 0 Å². The Morgan fingerprint density at radius 1 is 1.33 bits per heavy atom. The summed E-state index contributed by atoms with van der Waals surface area (Å²) in [7, 11) is 0. The molecule has 0 aliphatic carbocycles. The van der Waals surface area contributed by atoms with Crippen LogP contribution in [0.15, 0.2) is 0 Å². The van der Waals surface area contributed by atoms with E-state index in [9.17, 15) is 0 Å². The minimum Gasteiger partial charge on any atom is -0.369 e. The quantitative estimate of drug-likeness (QED) is 0.782. The first-order valence-corrected chi connectivity index (χ1v) is 6.15. The summed E-state index contributed by atoms with van der Waals surface area (Å²) in [5, 5.41) is 0. The highest BCUT2D eigenvalue weighted by atomic mass is 16.5. The summed E-state index contributed by atoms with van der Waals surface area (Å²) in [6.45, 7) is 13.1. The van der Waals surface area contributed by atoms with Gasteiger partial charge in [-0.05, 0) is 40.0 Å². The number of nitrogens with two attached hydrogens (primary N) is 1. The van der Waals surface area contributed by atoms with E-state index < -0.39 is 0 Å². The average Bonchev–Trinajstić information content (AvgIpc) is 2.31. The minimum absolute atomic E-state index is 0.0146. The van der Waals surface area contributed by atoms with Crippen LogP contribution in [0, 0.1) is 11.8 Å². The van der Waals surface area contributed by atoms with E-state index in [1.165, 1.54) is 0 Å². The first kappa shape index (κ1) is 13.0. The van der Waals surface area contributed by atoms with Gasteiger partial charge in [0.15, 0.2) is 0 Å². The van der Waals surface area contributed by atoms with Crippen LogP contribution in [0.4, 0.5) is 0 Å². The van der Waals surface area contributed by atoms with Gasteiger partial charge in [0.25, 0.3) is 0 Å². The molecule has 0 amide bonds. The van der Waals surface area contributed by atoms with Crippen LogP contribution in [0.1, 0.15) is 54.4 Å². The Morgan fingerprint density at radius 3 is 2.20 bits per heavy atom. The highest BCUT2D eigenvalue weighted by Crippen LogP contribution is 2.44. The Kier molecular flexibility index (Phi) is 3.52. The van der Waals surface area contributed by atoms with Crippen molar-refractivity contribution in [1.29, 1.82) is 0 Å². The molecule has 2 heteroatoms. The first-order chi connectivity index (χ1) is 6.69. The second-order valence-electron chi connectivity index (χ2n) is 6.24. The van der Waals surface area contributed by atoms with Crippen molar-refractivity contribution in [3.63, 3.8) is 0 Å². The molecular formula is C13H27NO. The summed E-state index contributed by atoms with van der Waals surface area (Å²) < 4.78 is 6.08. The maximum Gasteiger partial charge on any atom is 0.0677 e. The third kappa shape index (κ3) is 2.73. The molecule has 0 aromatic rings. The minimum atomic E-state index is -0.0770. The fourth-order valence-corrected chi connectivity index (χ4v) is 2.87. The van der Waals surface area contributed by atoms with Crippen molar-refractivity contribution < 1.29 is 4.74 Å². The van der Waals surface area contributed by atoms with Crippen LogP contribution in [0.5, 0.6) is 0 Å². The van der Waals surface area contributed by atoms with Crippen LogP contribution >= 0.6 is 0 Å². The second kappa shape index (κ2) is 4.06.